The molecule has 0 saturated carbocycles. The van der Waals surface area contributed by atoms with Crippen LogP contribution in [0.4, 0.5) is 5.13 Å². The van der Waals surface area contributed by atoms with Crippen LogP contribution in [0.3, 0.4) is 0 Å². The number of benzene rings is 1. The predicted octanol–water partition coefficient (Wildman–Crippen LogP) is 0.159. The molecule has 1 N–H and O–H groups in total. The van der Waals surface area contributed by atoms with Gasteiger partial charge in [-0.3, -0.25) is 0 Å². The van der Waals surface area contributed by atoms with Gasteiger partial charge in [-0.2, -0.15) is 0 Å². The molecule has 1 heterocycles. The van der Waals surface area contributed by atoms with Crippen LogP contribution in [0.2, 0.25) is 0 Å². The van der Waals surface area contributed by atoms with Gasteiger partial charge in [0.1, 0.15) is 0 Å². The van der Waals surface area contributed by atoms with Crippen LogP contribution < -0.4 is 22.4 Å². The first-order valence-electron chi connectivity index (χ1n) is 6.38. The summed E-state index contributed by atoms with van der Waals surface area (Å²) >= 11 is 1.71. The molecule has 0 aliphatic rings. The number of aromatic nitrogens is 2. The van der Waals surface area contributed by atoms with Crippen LogP contribution in [0.25, 0.3) is 10.6 Å². The summed E-state index contributed by atoms with van der Waals surface area (Å²) in [4.78, 5) is 0. The minimum atomic E-state index is 0. The third-order valence-corrected chi connectivity index (χ3v) is 3.91. The third-order valence-electron chi connectivity index (χ3n) is 2.80. The van der Waals surface area contributed by atoms with E-state index in [1.165, 1.54) is 29.0 Å². The number of aryl methyl sites for hydroxylation is 2. The highest BCUT2D eigenvalue weighted by Gasteiger charge is 2.17. The smallest absolute Gasteiger partial charge is 0.297 e. The van der Waals surface area contributed by atoms with Crippen molar-refractivity contribution >= 4 is 16.5 Å². The van der Waals surface area contributed by atoms with Gasteiger partial charge in [-0.25, -0.2) is 0 Å². The van der Waals surface area contributed by atoms with Crippen molar-refractivity contribution in [2.45, 2.75) is 26.7 Å². The summed E-state index contributed by atoms with van der Waals surface area (Å²) in [5.74, 6) is 0. The molecule has 1 aromatic heterocycles. The molecule has 0 atom stereocenters. The Labute approximate surface area is 125 Å². The number of unbranched alkanes of at least 4 members (excludes halogenated alkanes) is 1. The minimum absolute atomic E-state index is 0. The van der Waals surface area contributed by atoms with Crippen molar-refractivity contribution in [1.82, 2.24) is 5.10 Å². The van der Waals surface area contributed by atoms with Crippen molar-refractivity contribution in [1.29, 1.82) is 0 Å². The van der Waals surface area contributed by atoms with E-state index in [0.717, 1.165) is 11.7 Å². The Morgan fingerprint density at radius 1 is 1.37 bits per heavy atom. The largest absolute Gasteiger partial charge is 1.00 e. The lowest BCUT2D eigenvalue weighted by molar-refractivity contribution is -0.714. The predicted molar refractivity (Wildman–Crippen MR) is 76.9 cm³/mol. The van der Waals surface area contributed by atoms with E-state index in [-0.39, 0.29) is 12.4 Å². The Morgan fingerprint density at radius 3 is 2.84 bits per heavy atom. The number of nitrogens with one attached hydrogen (secondary N) is 1. The van der Waals surface area contributed by atoms with E-state index in [2.05, 4.69) is 48.5 Å². The number of rotatable bonds is 5. The van der Waals surface area contributed by atoms with Crippen LogP contribution in [0.1, 0.15) is 25.3 Å². The van der Waals surface area contributed by atoms with Crippen LogP contribution in [0, 0.1) is 6.92 Å². The zero-order chi connectivity index (χ0) is 13.0. The van der Waals surface area contributed by atoms with Gasteiger partial charge in [0.25, 0.3) is 10.1 Å². The van der Waals surface area contributed by atoms with Crippen molar-refractivity contribution in [2.24, 2.45) is 7.05 Å². The molecule has 3 nitrogen and oxygen atoms in total. The Morgan fingerprint density at radius 2 is 2.16 bits per heavy atom. The van der Waals surface area contributed by atoms with Crippen LogP contribution in [-0.2, 0) is 7.05 Å². The van der Waals surface area contributed by atoms with Crippen LogP contribution in [0.15, 0.2) is 24.3 Å². The fraction of sp³-hybridized carbons (Fsp3) is 0.429. The third kappa shape index (κ3) is 4.18. The Bertz CT molecular complexity index is 525. The molecule has 1 aromatic carbocycles. The molecule has 104 valence electrons. The van der Waals surface area contributed by atoms with Gasteiger partial charge in [0.2, 0.25) is 0 Å². The highest BCUT2D eigenvalue weighted by atomic mass is 35.5. The minimum Gasteiger partial charge on any atom is -1.00 e. The second-order valence-corrected chi connectivity index (χ2v) is 5.46. The van der Waals surface area contributed by atoms with Gasteiger partial charge >= 0.3 is 0 Å². The fourth-order valence-electron chi connectivity index (χ4n) is 1.83. The first-order valence-corrected chi connectivity index (χ1v) is 7.20. The Kier molecular flexibility index (Phi) is 6.25. The molecule has 5 heteroatoms. The van der Waals surface area contributed by atoms with Crippen molar-refractivity contribution in [3.05, 3.63) is 29.8 Å². The van der Waals surface area contributed by atoms with Crippen molar-refractivity contribution in [3.8, 4) is 10.6 Å². The van der Waals surface area contributed by atoms with Gasteiger partial charge in [-0.05, 0) is 36.8 Å². The van der Waals surface area contributed by atoms with E-state index < -0.39 is 0 Å². The van der Waals surface area contributed by atoms with E-state index >= 15 is 0 Å². The summed E-state index contributed by atoms with van der Waals surface area (Å²) in [6.07, 6.45) is 2.39. The van der Waals surface area contributed by atoms with Gasteiger partial charge in [0.05, 0.1) is 5.56 Å². The topological polar surface area (TPSA) is 28.8 Å². The van der Waals surface area contributed by atoms with E-state index in [1.54, 1.807) is 11.3 Å². The lowest BCUT2D eigenvalue weighted by atomic mass is 10.1. The maximum Gasteiger partial charge on any atom is 0.297 e. The molecule has 0 spiro atoms. The molecule has 0 radical (unpaired) electrons. The highest BCUT2D eigenvalue weighted by Crippen LogP contribution is 2.25. The summed E-state index contributed by atoms with van der Waals surface area (Å²) in [6.45, 7) is 5.31. The summed E-state index contributed by atoms with van der Waals surface area (Å²) < 4.78 is 1.95. The number of anilines is 1. The SMILES string of the molecule is CCCCNc1n[n+](C)c(-c2cccc(C)c2)s1.[Cl-]. The number of halogens is 1. The van der Waals surface area contributed by atoms with Crippen LogP contribution in [0.5, 0.6) is 0 Å². The average Bonchev–Trinajstić information content (AvgIpc) is 2.71. The lowest BCUT2D eigenvalue weighted by Gasteiger charge is -1.96. The maximum atomic E-state index is 4.51. The van der Waals surface area contributed by atoms with E-state index in [9.17, 15) is 0 Å². The maximum absolute atomic E-state index is 4.51. The van der Waals surface area contributed by atoms with Gasteiger partial charge in [0.15, 0.2) is 7.05 Å². The van der Waals surface area contributed by atoms with Crippen molar-refractivity contribution in [2.75, 3.05) is 11.9 Å². The monoisotopic (exact) mass is 297 g/mol. The summed E-state index contributed by atoms with van der Waals surface area (Å²) in [5.41, 5.74) is 2.51. The van der Waals surface area contributed by atoms with E-state index in [0.29, 0.717) is 0 Å². The number of hydrogen-bond acceptors (Lipinski definition) is 3. The molecule has 2 rings (SSSR count). The molecule has 0 fully saturated rings. The number of nitrogens with zero attached hydrogens (tertiary/aromatic N) is 2. The first-order chi connectivity index (χ1) is 8.70. The molecular formula is C14H20ClN3S. The standard InChI is InChI=1S/C14H20N3S.ClH/c1-4-5-9-15-14-16-17(3)13(18-14)12-8-6-7-11(2)10-12;/h6-8,10H,4-5,9H2,1-3H3,(H,15,16);1H/q+1;/p-1. The quantitative estimate of drug-likeness (QED) is 0.629. The average molecular weight is 298 g/mol. The van der Waals surface area contributed by atoms with Crippen molar-refractivity contribution < 1.29 is 17.1 Å². The summed E-state index contributed by atoms with van der Waals surface area (Å²) in [7, 11) is 2.00. The van der Waals surface area contributed by atoms with Gasteiger partial charge in [-0.1, -0.05) is 35.7 Å². The zero-order valence-electron chi connectivity index (χ0n) is 11.6. The van der Waals surface area contributed by atoms with Crippen LogP contribution >= 0.6 is 11.3 Å². The Balaban J connectivity index is 0.00000180. The van der Waals surface area contributed by atoms with Crippen molar-refractivity contribution in [3.63, 3.8) is 0 Å². The zero-order valence-corrected chi connectivity index (χ0v) is 13.2. The molecule has 0 aliphatic carbocycles. The van der Waals surface area contributed by atoms with Crippen LogP contribution in [-0.4, -0.2) is 11.6 Å². The molecular weight excluding hydrogens is 278 g/mol. The van der Waals surface area contributed by atoms with Gasteiger partial charge < -0.3 is 17.7 Å². The van der Waals surface area contributed by atoms with Gasteiger partial charge in [-0.15, -0.1) is 0 Å². The molecule has 2 aromatic rings. The Hall–Kier alpha value is -1.13. The second-order valence-electron chi connectivity index (χ2n) is 4.49. The molecule has 0 unspecified atom stereocenters. The highest BCUT2D eigenvalue weighted by molar-refractivity contribution is 7.18. The van der Waals surface area contributed by atoms with E-state index in [1.807, 2.05) is 11.7 Å². The second kappa shape index (κ2) is 7.46. The molecule has 0 aliphatic heterocycles. The fourth-order valence-corrected chi connectivity index (χ4v) is 2.77. The first kappa shape index (κ1) is 15.9. The lowest BCUT2D eigenvalue weighted by Crippen LogP contribution is -3.00. The molecule has 0 saturated heterocycles. The summed E-state index contributed by atoms with van der Waals surface area (Å²) in [5, 5.41) is 10.1. The molecule has 0 amide bonds. The number of hydrogen-bond donors (Lipinski definition) is 1. The summed E-state index contributed by atoms with van der Waals surface area (Å²) in [6, 6.07) is 8.54. The molecule has 0 bridgehead atoms. The van der Waals surface area contributed by atoms with E-state index in [4.69, 9.17) is 0 Å². The molecule has 19 heavy (non-hydrogen) atoms. The van der Waals surface area contributed by atoms with Gasteiger partial charge in [0, 0.05) is 11.6 Å². The normalized spacial score (nSPS) is 10.1.